The summed E-state index contributed by atoms with van der Waals surface area (Å²) >= 11 is 0. The normalized spacial score (nSPS) is 11.1. The molecule has 0 aromatic heterocycles. The third-order valence-corrected chi connectivity index (χ3v) is 3.10. The SMILES string of the molecule is O=C(O)CCCCCCCCCCCCC(O)O. The average Bonchev–Trinajstić information content (AvgIpc) is 2.29. The molecule has 0 radical (unpaired) electrons. The van der Waals surface area contributed by atoms with Gasteiger partial charge in [0.2, 0.25) is 0 Å². The quantitative estimate of drug-likeness (QED) is 0.351. The number of aliphatic carboxylic acids is 1. The smallest absolute Gasteiger partial charge is 0.303 e. The Morgan fingerprint density at radius 1 is 0.722 bits per heavy atom. The van der Waals surface area contributed by atoms with Crippen molar-refractivity contribution >= 4 is 5.97 Å². The van der Waals surface area contributed by atoms with Gasteiger partial charge < -0.3 is 15.3 Å². The van der Waals surface area contributed by atoms with E-state index < -0.39 is 12.3 Å². The first-order chi connectivity index (χ1) is 8.63. The number of carboxylic acid groups (broad SMARTS) is 1. The van der Waals surface area contributed by atoms with E-state index in [9.17, 15) is 4.79 Å². The predicted octanol–water partition coefficient (Wildman–Crippen LogP) is 3.06. The van der Waals surface area contributed by atoms with Crippen LogP contribution in [0, 0.1) is 0 Å². The Morgan fingerprint density at radius 2 is 1.11 bits per heavy atom. The molecule has 18 heavy (non-hydrogen) atoms. The van der Waals surface area contributed by atoms with Crippen LogP contribution in [0.4, 0.5) is 0 Å². The fraction of sp³-hybridized carbons (Fsp3) is 0.929. The molecule has 0 aliphatic carbocycles. The zero-order valence-corrected chi connectivity index (χ0v) is 11.3. The summed E-state index contributed by atoms with van der Waals surface area (Å²) in [4.78, 5) is 10.3. The maximum absolute atomic E-state index is 10.3. The van der Waals surface area contributed by atoms with Gasteiger partial charge in [0.15, 0.2) is 6.29 Å². The Balaban J connectivity index is 2.97. The van der Waals surface area contributed by atoms with Crippen molar-refractivity contribution in [3.8, 4) is 0 Å². The molecule has 0 aromatic carbocycles. The third-order valence-electron chi connectivity index (χ3n) is 3.10. The zero-order valence-electron chi connectivity index (χ0n) is 11.3. The number of unbranched alkanes of at least 4 members (excludes halogenated alkanes) is 9. The lowest BCUT2D eigenvalue weighted by Crippen LogP contribution is -2.02. The van der Waals surface area contributed by atoms with Crippen LogP contribution in [0.5, 0.6) is 0 Å². The molecule has 0 spiro atoms. The fourth-order valence-corrected chi connectivity index (χ4v) is 2.02. The maximum atomic E-state index is 10.3. The largest absolute Gasteiger partial charge is 0.481 e. The van der Waals surface area contributed by atoms with E-state index in [1.165, 1.54) is 32.1 Å². The zero-order chi connectivity index (χ0) is 13.6. The van der Waals surface area contributed by atoms with Gasteiger partial charge in [0, 0.05) is 6.42 Å². The van der Waals surface area contributed by atoms with Crippen molar-refractivity contribution in [1.29, 1.82) is 0 Å². The Kier molecular flexibility index (Phi) is 12.4. The Hall–Kier alpha value is -0.610. The van der Waals surface area contributed by atoms with Crippen molar-refractivity contribution in [2.24, 2.45) is 0 Å². The molecule has 3 N–H and O–H groups in total. The van der Waals surface area contributed by atoms with Gasteiger partial charge in [-0.3, -0.25) is 4.79 Å². The number of aliphatic hydroxyl groups excluding tert-OH is 1. The van der Waals surface area contributed by atoms with E-state index in [0.29, 0.717) is 12.8 Å². The fourth-order valence-electron chi connectivity index (χ4n) is 2.02. The molecule has 0 bridgehead atoms. The molecule has 108 valence electrons. The third kappa shape index (κ3) is 15.4. The van der Waals surface area contributed by atoms with Gasteiger partial charge in [-0.1, -0.05) is 51.4 Å². The minimum Gasteiger partial charge on any atom is -0.481 e. The Morgan fingerprint density at radius 3 is 1.50 bits per heavy atom. The number of aliphatic hydroxyl groups is 2. The first-order valence-electron chi connectivity index (χ1n) is 7.21. The van der Waals surface area contributed by atoms with Gasteiger partial charge in [-0.25, -0.2) is 0 Å². The molecule has 0 atom stereocenters. The molecule has 0 saturated heterocycles. The molecule has 0 saturated carbocycles. The van der Waals surface area contributed by atoms with E-state index in [1.54, 1.807) is 0 Å². The molecule has 0 aliphatic heterocycles. The van der Waals surface area contributed by atoms with E-state index in [-0.39, 0.29) is 0 Å². The van der Waals surface area contributed by atoms with Crippen molar-refractivity contribution < 1.29 is 20.1 Å². The maximum Gasteiger partial charge on any atom is 0.303 e. The van der Waals surface area contributed by atoms with Crippen LogP contribution in [0.2, 0.25) is 0 Å². The van der Waals surface area contributed by atoms with Crippen LogP contribution < -0.4 is 0 Å². The lowest BCUT2D eigenvalue weighted by molar-refractivity contribution is -0.137. The summed E-state index contributed by atoms with van der Waals surface area (Å²) in [5, 5.41) is 25.8. The van der Waals surface area contributed by atoms with Gasteiger partial charge in [0.05, 0.1) is 0 Å². The van der Waals surface area contributed by atoms with E-state index >= 15 is 0 Å². The molecular weight excluding hydrogens is 232 g/mol. The summed E-state index contributed by atoms with van der Waals surface area (Å²) in [5.74, 6) is -0.692. The van der Waals surface area contributed by atoms with E-state index in [0.717, 1.165) is 32.1 Å². The van der Waals surface area contributed by atoms with Crippen molar-refractivity contribution in [2.45, 2.75) is 83.3 Å². The Bertz CT molecular complexity index is 192. The second kappa shape index (κ2) is 12.8. The van der Waals surface area contributed by atoms with E-state index in [1.807, 2.05) is 0 Å². The summed E-state index contributed by atoms with van der Waals surface area (Å²) in [6, 6.07) is 0. The first kappa shape index (κ1) is 17.4. The second-order valence-electron chi connectivity index (χ2n) is 4.95. The molecule has 4 heteroatoms. The summed E-state index contributed by atoms with van der Waals surface area (Å²) in [6.45, 7) is 0. The number of hydrogen-bond acceptors (Lipinski definition) is 3. The van der Waals surface area contributed by atoms with Gasteiger partial charge in [-0.15, -0.1) is 0 Å². The van der Waals surface area contributed by atoms with Crippen molar-refractivity contribution in [2.75, 3.05) is 0 Å². The topological polar surface area (TPSA) is 77.8 Å². The molecular formula is C14H28O4. The van der Waals surface area contributed by atoms with E-state index in [4.69, 9.17) is 15.3 Å². The van der Waals surface area contributed by atoms with Crippen molar-refractivity contribution in [1.82, 2.24) is 0 Å². The van der Waals surface area contributed by atoms with Crippen LogP contribution in [0.3, 0.4) is 0 Å². The number of rotatable bonds is 13. The van der Waals surface area contributed by atoms with Crippen LogP contribution in [0.15, 0.2) is 0 Å². The van der Waals surface area contributed by atoms with Gasteiger partial charge in [-0.2, -0.15) is 0 Å². The molecule has 0 aromatic rings. The van der Waals surface area contributed by atoms with Gasteiger partial charge in [0.25, 0.3) is 0 Å². The molecule has 0 rings (SSSR count). The van der Waals surface area contributed by atoms with Crippen LogP contribution in [-0.4, -0.2) is 27.6 Å². The van der Waals surface area contributed by atoms with E-state index in [2.05, 4.69) is 0 Å². The summed E-state index contributed by atoms with van der Waals surface area (Å²) in [7, 11) is 0. The van der Waals surface area contributed by atoms with Crippen LogP contribution in [0.1, 0.15) is 77.0 Å². The lowest BCUT2D eigenvalue weighted by atomic mass is 10.1. The number of carboxylic acids is 1. The predicted molar refractivity (Wildman–Crippen MR) is 71.3 cm³/mol. The highest BCUT2D eigenvalue weighted by atomic mass is 16.5. The van der Waals surface area contributed by atoms with Crippen molar-refractivity contribution in [3.05, 3.63) is 0 Å². The van der Waals surface area contributed by atoms with Gasteiger partial charge in [-0.05, 0) is 19.3 Å². The number of carbonyl (C=O) groups is 1. The minimum absolute atomic E-state index is 0.302. The summed E-state index contributed by atoms with van der Waals surface area (Å²) in [6.07, 6.45) is 10.7. The van der Waals surface area contributed by atoms with Gasteiger partial charge >= 0.3 is 5.97 Å². The van der Waals surface area contributed by atoms with Crippen LogP contribution in [-0.2, 0) is 4.79 Å². The first-order valence-corrected chi connectivity index (χ1v) is 7.21. The second-order valence-corrected chi connectivity index (χ2v) is 4.95. The standard InChI is InChI=1S/C14H28O4/c15-13(16)11-9-7-5-3-1-2-4-6-8-10-12-14(17)18/h13,15-16H,1-12H2,(H,17,18). The Labute approximate surface area is 110 Å². The van der Waals surface area contributed by atoms with Crippen LogP contribution >= 0.6 is 0 Å². The molecule has 0 heterocycles. The molecule has 4 nitrogen and oxygen atoms in total. The minimum atomic E-state index is -1.14. The molecule has 0 aliphatic rings. The highest BCUT2D eigenvalue weighted by Crippen LogP contribution is 2.12. The molecule has 0 fully saturated rings. The lowest BCUT2D eigenvalue weighted by Gasteiger charge is -2.03. The van der Waals surface area contributed by atoms with Gasteiger partial charge in [0.1, 0.15) is 0 Å². The summed E-state index contributed by atoms with van der Waals surface area (Å²) < 4.78 is 0. The van der Waals surface area contributed by atoms with Crippen molar-refractivity contribution in [3.63, 3.8) is 0 Å². The summed E-state index contributed by atoms with van der Waals surface area (Å²) in [5.41, 5.74) is 0. The molecule has 0 amide bonds. The highest BCUT2D eigenvalue weighted by Gasteiger charge is 1.98. The number of hydrogen-bond donors (Lipinski definition) is 3. The van der Waals surface area contributed by atoms with Crippen LogP contribution in [0.25, 0.3) is 0 Å². The molecule has 0 unspecified atom stereocenters. The highest BCUT2D eigenvalue weighted by molar-refractivity contribution is 5.66. The monoisotopic (exact) mass is 260 g/mol. The average molecular weight is 260 g/mol.